The van der Waals surface area contributed by atoms with Crippen LogP contribution in [-0.4, -0.2) is 23.9 Å². The zero-order chi connectivity index (χ0) is 15.0. The first-order chi connectivity index (χ1) is 10.8. The van der Waals surface area contributed by atoms with E-state index in [1.54, 1.807) is 0 Å². The van der Waals surface area contributed by atoms with E-state index in [-0.39, 0.29) is 11.8 Å². The Balaban J connectivity index is 1.41. The molecule has 1 spiro atoms. The molecule has 1 amide bonds. The average molecular weight is 298 g/mol. The van der Waals surface area contributed by atoms with E-state index in [4.69, 9.17) is 0 Å². The largest absolute Gasteiger partial charge is 0.326 e. The van der Waals surface area contributed by atoms with Crippen LogP contribution in [0.15, 0.2) is 24.3 Å². The van der Waals surface area contributed by atoms with Crippen LogP contribution >= 0.6 is 0 Å². The second-order valence-electron chi connectivity index (χ2n) is 7.46. The second-order valence-corrected chi connectivity index (χ2v) is 7.46. The number of hydrogen-bond donors (Lipinski definition) is 1. The molecule has 1 N–H and O–H groups in total. The van der Waals surface area contributed by atoms with Crippen molar-refractivity contribution in [3.8, 4) is 0 Å². The molecule has 1 atom stereocenters. The lowest BCUT2D eigenvalue weighted by Gasteiger charge is -2.28. The maximum Gasteiger partial charge on any atom is 0.228 e. The van der Waals surface area contributed by atoms with Gasteiger partial charge in [-0.2, -0.15) is 0 Å². The predicted octanol–water partition coefficient (Wildman–Crippen LogP) is 3.80. The minimum absolute atomic E-state index is 0.255. The fraction of sp³-hybridized carbons (Fsp3) is 0.632. The second kappa shape index (κ2) is 5.69. The van der Waals surface area contributed by atoms with Crippen LogP contribution in [0, 0.1) is 11.3 Å². The number of para-hydroxylation sites is 1. The Bertz CT molecular complexity index is 558. The van der Waals surface area contributed by atoms with Crippen molar-refractivity contribution in [1.82, 2.24) is 4.90 Å². The van der Waals surface area contributed by atoms with Crippen LogP contribution in [0.2, 0.25) is 0 Å². The van der Waals surface area contributed by atoms with Crippen LogP contribution in [-0.2, 0) is 11.3 Å². The van der Waals surface area contributed by atoms with Gasteiger partial charge in [0.05, 0.1) is 0 Å². The lowest BCUT2D eigenvalue weighted by Crippen LogP contribution is -2.30. The summed E-state index contributed by atoms with van der Waals surface area (Å²) in [6, 6.07) is 8.34. The Labute approximate surface area is 133 Å². The number of likely N-dealkylation sites (tertiary alicyclic amines) is 1. The van der Waals surface area contributed by atoms with Crippen molar-refractivity contribution in [3.05, 3.63) is 29.8 Å². The Morgan fingerprint density at radius 1 is 1.14 bits per heavy atom. The van der Waals surface area contributed by atoms with Gasteiger partial charge >= 0.3 is 0 Å². The highest BCUT2D eigenvalue weighted by molar-refractivity contribution is 5.95. The molecule has 3 nitrogen and oxygen atoms in total. The monoisotopic (exact) mass is 298 g/mol. The quantitative estimate of drug-likeness (QED) is 0.917. The van der Waals surface area contributed by atoms with E-state index in [9.17, 15) is 4.79 Å². The Morgan fingerprint density at radius 3 is 2.59 bits per heavy atom. The van der Waals surface area contributed by atoms with E-state index < -0.39 is 0 Å². The van der Waals surface area contributed by atoms with E-state index in [0.717, 1.165) is 18.7 Å². The molecule has 118 valence electrons. The number of nitrogens with one attached hydrogen (secondary N) is 1. The van der Waals surface area contributed by atoms with Crippen molar-refractivity contribution in [2.45, 2.75) is 51.5 Å². The van der Waals surface area contributed by atoms with Crippen LogP contribution in [0.25, 0.3) is 0 Å². The Hall–Kier alpha value is -1.35. The highest BCUT2D eigenvalue weighted by Gasteiger charge is 2.60. The van der Waals surface area contributed by atoms with E-state index in [0.29, 0.717) is 5.41 Å². The minimum atomic E-state index is 0.255. The van der Waals surface area contributed by atoms with E-state index in [1.807, 2.05) is 6.07 Å². The SMILES string of the molecule is O=C(Nc1ccccc1CN1CCCCC1)C1CC12CCC2. The van der Waals surface area contributed by atoms with Gasteiger partial charge in [-0.15, -0.1) is 0 Å². The smallest absolute Gasteiger partial charge is 0.228 e. The summed E-state index contributed by atoms with van der Waals surface area (Å²) in [5.41, 5.74) is 2.70. The van der Waals surface area contributed by atoms with Gasteiger partial charge in [0.25, 0.3) is 0 Å². The third kappa shape index (κ3) is 2.67. The fourth-order valence-electron chi connectivity index (χ4n) is 4.26. The molecule has 3 fully saturated rings. The number of carbonyl (C=O) groups excluding carboxylic acids is 1. The van der Waals surface area contributed by atoms with Crippen LogP contribution < -0.4 is 5.32 Å². The summed E-state index contributed by atoms with van der Waals surface area (Å²) in [7, 11) is 0. The van der Waals surface area contributed by atoms with Gasteiger partial charge < -0.3 is 5.32 Å². The molecular formula is C19H26N2O. The summed E-state index contributed by atoms with van der Waals surface area (Å²) in [6.45, 7) is 3.34. The number of carbonyl (C=O) groups is 1. The predicted molar refractivity (Wildman–Crippen MR) is 88.6 cm³/mol. The highest BCUT2D eigenvalue weighted by Crippen LogP contribution is 2.65. The number of benzene rings is 1. The molecule has 0 bridgehead atoms. The Morgan fingerprint density at radius 2 is 1.91 bits per heavy atom. The molecule has 2 saturated carbocycles. The van der Waals surface area contributed by atoms with Crippen molar-refractivity contribution in [2.24, 2.45) is 11.3 Å². The average Bonchev–Trinajstić information content (AvgIpc) is 3.27. The maximum absolute atomic E-state index is 12.5. The van der Waals surface area contributed by atoms with Crippen molar-refractivity contribution in [2.75, 3.05) is 18.4 Å². The molecule has 1 aliphatic heterocycles. The third-order valence-electron chi connectivity index (χ3n) is 5.97. The molecule has 3 aliphatic rings. The molecule has 1 aromatic rings. The number of amides is 1. The zero-order valence-electron chi connectivity index (χ0n) is 13.3. The lowest BCUT2D eigenvalue weighted by atomic mass is 9.79. The summed E-state index contributed by atoms with van der Waals surface area (Å²) in [5.74, 6) is 0.537. The summed E-state index contributed by atoms with van der Waals surface area (Å²) in [5, 5.41) is 3.22. The molecule has 4 rings (SSSR count). The third-order valence-corrected chi connectivity index (χ3v) is 5.97. The van der Waals surface area contributed by atoms with Crippen LogP contribution in [0.5, 0.6) is 0 Å². The first-order valence-corrected chi connectivity index (χ1v) is 8.88. The van der Waals surface area contributed by atoms with Gasteiger partial charge in [0.1, 0.15) is 0 Å². The van der Waals surface area contributed by atoms with Crippen LogP contribution in [0.4, 0.5) is 5.69 Å². The molecule has 1 saturated heterocycles. The summed E-state index contributed by atoms with van der Waals surface area (Å²) < 4.78 is 0. The van der Waals surface area contributed by atoms with Crippen molar-refractivity contribution in [3.63, 3.8) is 0 Å². The topological polar surface area (TPSA) is 32.3 Å². The first kappa shape index (κ1) is 14.3. The molecule has 22 heavy (non-hydrogen) atoms. The zero-order valence-corrected chi connectivity index (χ0v) is 13.3. The van der Waals surface area contributed by atoms with Crippen LogP contribution in [0.1, 0.15) is 50.5 Å². The standard InChI is InChI=1S/C19H26N2O/c22-18(16-13-19(16)9-6-10-19)20-17-8-3-2-7-15(17)14-21-11-4-1-5-12-21/h2-3,7-8,16H,1,4-6,9-14H2,(H,20,22). The van der Waals surface area contributed by atoms with E-state index in [2.05, 4.69) is 28.4 Å². The minimum Gasteiger partial charge on any atom is -0.326 e. The molecule has 1 aromatic carbocycles. The highest BCUT2D eigenvalue weighted by atomic mass is 16.2. The summed E-state index contributed by atoms with van der Waals surface area (Å²) in [4.78, 5) is 15.0. The van der Waals surface area contributed by atoms with Gasteiger partial charge in [-0.1, -0.05) is 31.0 Å². The Kier molecular flexibility index (Phi) is 3.69. The van der Waals surface area contributed by atoms with Gasteiger partial charge in [0, 0.05) is 18.2 Å². The van der Waals surface area contributed by atoms with Crippen molar-refractivity contribution < 1.29 is 4.79 Å². The van der Waals surface area contributed by atoms with Crippen molar-refractivity contribution in [1.29, 1.82) is 0 Å². The molecule has 0 aromatic heterocycles. The molecule has 1 heterocycles. The normalized spacial score (nSPS) is 26.5. The molecule has 0 radical (unpaired) electrons. The number of nitrogens with zero attached hydrogens (tertiary/aromatic N) is 1. The number of rotatable bonds is 4. The van der Waals surface area contributed by atoms with Gasteiger partial charge in [0.2, 0.25) is 5.91 Å². The first-order valence-electron chi connectivity index (χ1n) is 8.88. The van der Waals surface area contributed by atoms with Crippen molar-refractivity contribution >= 4 is 11.6 Å². The van der Waals surface area contributed by atoms with Crippen LogP contribution in [0.3, 0.4) is 0 Å². The lowest BCUT2D eigenvalue weighted by molar-refractivity contribution is -0.118. The number of hydrogen-bond acceptors (Lipinski definition) is 2. The maximum atomic E-state index is 12.5. The summed E-state index contributed by atoms with van der Waals surface area (Å²) in [6.07, 6.45) is 8.93. The van der Waals surface area contributed by atoms with E-state index >= 15 is 0 Å². The molecule has 2 aliphatic carbocycles. The molecule has 3 heteroatoms. The summed E-state index contributed by atoms with van der Waals surface area (Å²) >= 11 is 0. The van der Waals surface area contributed by atoms with Gasteiger partial charge in [-0.05, 0) is 62.2 Å². The number of piperidine rings is 1. The molecule has 1 unspecified atom stereocenters. The fourth-order valence-corrected chi connectivity index (χ4v) is 4.26. The van der Waals surface area contributed by atoms with E-state index in [1.165, 1.54) is 57.2 Å². The number of anilines is 1. The van der Waals surface area contributed by atoms with Gasteiger partial charge in [-0.25, -0.2) is 0 Å². The van der Waals surface area contributed by atoms with Gasteiger partial charge in [-0.3, -0.25) is 9.69 Å². The molecular weight excluding hydrogens is 272 g/mol. The van der Waals surface area contributed by atoms with Gasteiger partial charge in [0.15, 0.2) is 0 Å².